The van der Waals surface area contributed by atoms with Gasteiger partial charge in [0.2, 0.25) is 0 Å². The zero-order valence-corrected chi connectivity index (χ0v) is 15.5. The van der Waals surface area contributed by atoms with Crippen LogP contribution in [0.2, 0.25) is 0 Å². The summed E-state index contributed by atoms with van der Waals surface area (Å²) in [7, 11) is 1.90. The third kappa shape index (κ3) is 3.30. The molecule has 0 saturated heterocycles. The molecule has 1 aromatic rings. The molecule has 1 amide bonds. The number of nitrogens with two attached hydrogens (primary N) is 1. The number of thiazole rings is 1. The molecule has 2 N–H and O–H groups in total. The molecule has 23 heavy (non-hydrogen) atoms. The van der Waals surface area contributed by atoms with Crippen LogP contribution in [0.5, 0.6) is 0 Å². The Labute approximate surface area is 143 Å². The summed E-state index contributed by atoms with van der Waals surface area (Å²) in [6.07, 6.45) is 3.94. The molecule has 0 aliphatic heterocycles. The van der Waals surface area contributed by atoms with Crippen molar-refractivity contribution in [2.45, 2.75) is 58.6 Å². The molecule has 1 aliphatic carbocycles. The molecule has 0 bridgehead atoms. The first-order valence-corrected chi connectivity index (χ1v) is 9.45. The quantitative estimate of drug-likeness (QED) is 0.791. The van der Waals surface area contributed by atoms with Gasteiger partial charge in [0, 0.05) is 36.9 Å². The molecule has 0 aromatic carbocycles. The van der Waals surface area contributed by atoms with Gasteiger partial charge in [-0.2, -0.15) is 0 Å². The molecule has 1 aromatic heterocycles. The lowest BCUT2D eigenvalue weighted by atomic mass is 9.58. The summed E-state index contributed by atoms with van der Waals surface area (Å²) in [5.74, 6) is 0.00995. The Morgan fingerprint density at radius 3 is 2.74 bits per heavy atom. The van der Waals surface area contributed by atoms with Gasteiger partial charge in [0.05, 0.1) is 11.1 Å². The predicted molar refractivity (Wildman–Crippen MR) is 93.8 cm³/mol. The lowest BCUT2D eigenvalue weighted by molar-refractivity contribution is -0.159. The van der Waals surface area contributed by atoms with Crippen LogP contribution < -0.4 is 5.73 Å². The zero-order chi connectivity index (χ0) is 17.0. The van der Waals surface area contributed by atoms with E-state index in [2.05, 4.69) is 18.8 Å². The van der Waals surface area contributed by atoms with Gasteiger partial charge >= 0.3 is 0 Å². The van der Waals surface area contributed by atoms with Gasteiger partial charge in [0.15, 0.2) is 0 Å². The molecule has 1 saturated carbocycles. The number of hydrogen-bond donors (Lipinski definition) is 1. The monoisotopic (exact) mass is 339 g/mol. The van der Waals surface area contributed by atoms with E-state index >= 15 is 0 Å². The van der Waals surface area contributed by atoms with Crippen molar-refractivity contribution in [3.8, 4) is 0 Å². The van der Waals surface area contributed by atoms with Crippen LogP contribution in [0.25, 0.3) is 0 Å². The third-order valence-corrected chi connectivity index (χ3v) is 6.25. The van der Waals surface area contributed by atoms with Crippen molar-refractivity contribution in [1.82, 2.24) is 9.88 Å². The fourth-order valence-corrected chi connectivity index (χ4v) is 4.64. The van der Waals surface area contributed by atoms with Crippen molar-refractivity contribution in [3.63, 3.8) is 0 Å². The maximum absolute atomic E-state index is 12.8. The first-order valence-electron chi connectivity index (χ1n) is 8.57. The van der Waals surface area contributed by atoms with E-state index in [4.69, 9.17) is 10.5 Å². The number of carbonyl (C=O) groups is 1. The van der Waals surface area contributed by atoms with E-state index in [1.807, 2.05) is 24.3 Å². The normalized spacial score (nSPS) is 22.7. The second kappa shape index (κ2) is 7.73. The molecule has 6 heteroatoms. The summed E-state index contributed by atoms with van der Waals surface area (Å²) < 4.78 is 5.91. The molecule has 2 unspecified atom stereocenters. The van der Waals surface area contributed by atoms with Crippen molar-refractivity contribution < 1.29 is 9.53 Å². The molecule has 1 fully saturated rings. The molecule has 0 spiro atoms. The smallest absolute Gasteiger partial charge is 0.273 e. The molecular formula is C17H29N3O2S. The summed E-state index contributed by atoms with van der Waals surface area (Å²) in [5.41, 5.74) is 6.17. The SMILES string of the molecule is CCOC1CC(N(C)C(=O)c2csc(CCN)n2)C1(CC)CC. The van der Waals surface area contributed by atoms with E-state index in [9.17, 15) is 4.79 Å². The Morgan fingerprint density at radius 1 is 1.48 bits per heavy atom. The van der Waals surface area contributed by atoms with Crippen LogP contribution in [0, 0.1) is 5.41 Å². The molecule has 1 aliphatic rings. The van der Waals surface area contributed by atoms with Crippen LogP contribution in [0.1, 0.15) is 55.5 Å². The van der Waals surface area contributed by atoms with E-state index in [1.165, 1.54) is 11.3 Å². The first-order chi connectivity index (χ1) is 11.0. The van der Waals surface area contributed by atoms with Crippen LogP contribution in [0.15, 0.2) is 5.38 Å². The zero-order valence-electron chi connectivity index (χ0n) is 14.7. The van der Waals surface area contributed by atoms with Crippen molar-refractivity contribution >= 4 is 17.2 Å². The maximum Gasteiger partial charge on any atom is 0.273 e. The van der Waals surface area contributed by atoms with Gasteiger partial charge in [-0.15, -0.1) is 11.3 Å². The van der Waals surface area contributed by atoms with E-state index in [0.717, 1.165) is 37.3 Å². The summed E-state index contributed by atoms with van der Waals surface area (Å²) in [6.45, 7) is 7.71. The average Bonchev–Trinajstić information content (AvgIpc) is 3.00. The number of hydrogen-bond acceptors (Lipinski definition) is 5. The van der Waals surface area contributed by atoms with Crippen molar-refractivity contribution in [3.05, 3.63) is 16.1 Å². The third-order valence-electron chi connectivity index (χ3n) is 5.34. The van der Waals surface area contributed by atoms with Gasteiger partial charge in [-0.3, -0.25) is 4.79 Å². The molecule has 2 atom stereocenters. The Balaban J connectivity index is 2.12. The number of nitrogens with zero attached hydrogens (tertiary/aromatic N) is 2. The summed E-state index contributed by atoms with van der Waals surface area (Å²) in [6, 6.07) is 0.223. The highest BCUT2D eigenvalue weighted by molar-refractivity contribution is 7.09. The minimum absolute atomic E-state index is 0.00995. The predicted octanol–water partition coefficient (Wildman–Crippen LogP) is 2.70. The first kappa shape index (κ1) is 18.4. The van der Waals surface area contributed by atoms with Crippen molar-refractivity contribution in [2.24, 2.45) is 11.1 Å². The summed E-state index contributed by atoms with van der Waals surface area (Å²) >= 11 is 1.51. The Morgan fingerprint density at radius 2 is 2.17 bits per heavy atom. The molecular weight excluding hydrogens is 310 g/mol. The minimum atomic E-state index is 0.00995. The van der Waals surface area contributed by atoms with Crippen molar-refractivity contribution in [2.75, 3.05) is 20.2 Å². The lowest BCUT2D eigenvalue weighted by Gasteiger charge is -2.58. The van der Waals surface area contributed by atoms with E-state index in [1.54, 1.807) is 0 Å². The van der Waals surface area contributed by atoms with Gasteiger partial charge in [-0.05, 0) is 32.7 Å². The Bertz CT molecular complexity index is 528. The fourth-order valence-electron chi connectivity index (χ4n) is 3.85. The minimum Gasteiger partial charge on any atom is -0.378 e. The van der Waals surface area contributed by atoms with Gasteiger partial charge in [0.25, 0.3) is 5.91 Å². The molecule has 130 valence electrons. The highest BCUT2D eigenvalue weighted by atomic mass is 32.1. The highest BCUT2D eigenvalue weighted by Gasteiger charge is 2.55. The Hall–Kier alpha value is -0.980. The van der Waals surface area contributed by atoms with E-state index in [-0.39, 0.29) is 23.5 Å². The van der Waals surface area contributed by atoms with Gasteiger partial charge in [-0.1, -0.05) is 13.8 Å². The molecule has 1 heterocycles. The van der Waals surface area contributed by atoms with E-state index < -0.39 is 0 Å². The number of amides is 1. The number of carbonyl (C=O) groups excluding carboxylic acids is 1. The largest absolute Gasteiger partial charge is 0.378 e. The number of aromatic nitrogens is 1. The summed E-state index contributed by atoms with van der Waals surface area (Å²) in [5, 5.41) is 2.78. The van der Waals surface area contributed by atoms with Crippen LogP contribution >= 0.6 is 11.3 Å². The summed E-state index contributed by atoms with van der Waals surface area (Å²) in [4.78, 5) is 19.1. The maximum atomic E-state index is 12.8. The lowest BCUT2D eigenvalue weighted by Crippen LogP contribution is -2.64. The molecule has 5 nitrogen and oxygen atoms in total. The number of ether oxygens (including phenoxy) is 1. The van der Waals surface area contributed by atoms with Gasteiger partial charge in [-0.25, -0.2) is 4.98 Å². The van der Waals surface area contributed by atoms with Crippen LogP contribution in [-0.2, 0) is 11.2 Å². The van der Waals surface area contributed by atoms with Crippen LogP contribution in [0.3, 0.4) is 0 Å². The van der Waals surface area contributed by atoms with Gasteiger partial charge < -0.3 is 15.4 Å². The second-order valence-corrected chi connectivity index (χ2v) is 7.16. The number of rotatable bonds is 8. The van der Waals surface area contributed by atoms with Gasteiger partial charge in [0.1, 0.15) is 5.69 Å². The fraction of sp³-hybridized carbons (Fsp3) is 0.765. The van der Waals surface area contributed by atoms with Crippen molar-refractivity contribution in [1.29, 1.82) is 0 Å². The van der Waals surface area contributed by atoms with Crippen LogP contribution in [-0.4, -0.2) is 48.1 Å². The average molecular weight is 340 g/mol. The topological polar surface area (TPSA) is 68.5 Å². The Kier molecular flexibility index (Phi) is 6.17. The standard InChI is InChI=1S/C17H29N3O2S/c1-5-17(6-2)13(10-14(17)22-7-3)20(4)16(21)12-11-23-15(19-12)8-9-18/h11,13-14H,5-10,18H2,1-4H3. The molecule has 2 rings (SSSR count). The molecule has 0 radical (unpaired) electrons. The second-order valence-electron chi connectivity index (χ2n) is 6.22. The van der Waals surface area contributed by atoms with E-state index in [0.29, 0.717) is 12.2 Å². The highest BCUT2D eigenvalue weighted by Crippen LogP contribution is 2.51. The van der Waals surface area contributed by atoms with Crippen LogP contribution in [0.4, 0.5) is 0 Å².